The third kappa shape index (κ3) is 4.22. The van der Waals surface area contributed by atoms with Gasteiger partial charge in [-0.2, -0.15) is 0 Å². The Balaban J connectivity index is 1.71. The molecule has 7 heteroatoms. The molecule has 0 radical (unpaired) electrons. The van der Waals surface area contributed by atoms with Gasteiger partial charge in [0.1, 0.15) is 11.5 Å². The summed E-state index contributed by atoms with van der Waals surface area (Å²) in [6.07, 6.45) is 0.156. The summed E-state index contributed by atoms with van der Waals surface area (Å²) < 4.78 is 10.6. The molecule has 0 spiro atoms. The van der Waals surface area contributed by atoms with Gasteiger partial charge >= 0.3 is 0 Å². The third-order valence-corrected chi connectivity index (χ3v) is 5.12. The molecule has 2 amide bonds. The van der Waals surface area contributed by atoms with Crippen LogP contribution in [0.5, 0.6) is 11.5 Å². The maximum absolute atomic E-state index is 12.7. The van der Waals surface area contributed by atoms with E-state index in [4.69, 9.17) is 21.1 Å². The lowest BCUT2D eigenvalue weighted by Crippen LogP contribution is -2.34. The Bertz CT molecular complexity index is 886. The van der Waals surface area contributed by atoms with Gasteiger partial charge < -0.3 is 19.7 Å². The Labute approximate surface area is 169 Å². The second kappa shape index (κ2) is 8.52. The molecule has 0 aliphatic carbocycles. The quantitative estimate of drug-likeness (QED) is 0.801. The summed E-state index contributed by atoms with van der Waals surface area (Å²) in [6.45, 7) is 2.19. The largest absolute Gasteiger partial charge is 0.497 e. The van der Waals surface area contributed by atoms with Crippen LogP contribution < -0.4 is 19.7 Å². The number of nitrogens with zero attached hydrogens (tertiary/aromatic N) is 1. The molecule has 1 heterocycles. The highest BCUT2D eigenvalue weighted by atomic mass is 35.5. The van der Waals surface area contributed by atoms with Crippen molar-refractivity contribution in [3.05, 3.63) is 53.1 Å². The maximum Gasteiger partial charge on any atom is 0.227 e. The zero-order chi connectivity index (χ0) is 20.3. The lowest BCUT2D eigenvalue weighted by molar-refractivity contribution is -0.126. The van der Waals surface area contributed by atoms with E-state index in [1.807, 2.05) is 25.1 Å². The summed E-state index contributed by atoms with van der Waals surface area (Å²) in [4.78, 5) is 26.9. The van der Waals surface area contributed by atoms with E-state index >= 15 is 0 Å². The van der Waals surface area contributed by atoms with Gasteiger partial charge in [0.2, 0.25) is 11.8 Å². The molecule has 2 aromatic rings. The molecule has 0 saturated carbocycles. The number of hydrogen-bond acceptors (Lipinski definition) is 4. The van der Waals surface area contributed by atoms with Gasteiger partial charge in [0.25, 0.3) is 0 Å². The Morgan fingerprint density at radius 3 is 2.68 bits per heavy atom. The highest BCUT2D eigenvalue weighted by molar-refractivity contribution is 6.30. The molecule has 1 aliphatic rings. The summed E-state index contributed by atoms with van der Waals surface area (Å²) in [6, 6.07) is 12.4. The van der Waals surface area contributed by atoms with Crippen molar-refractivity contribution in [3.8, 4) is 11.5 Å². The number of ether oxygens (including phenoxy) is 2. The van der Waals surface area contributed by atoms with Crippen LogP contribution in [0.25, 0.3) is 0 Å². The van der Waals surface area contributed by atoms with Gasteiger partial charge in [-0.15, -0.1) is 0 Å². The Hall–Kier alpha value is -2.73. The SMILES string of the molecule is COc1ccc(N2CC(C(=O)NC(C)c3cccc(Cl)c3)CC2=O)c(OC)c1. The van der Waals surface area contributed by atoms with Crippen molar-refractivity contribution >= 4 is 29.1 Å². The van der Waals surface area contributed by atoms with E-state index in [-0.39, 0.29) is 24.3 Å². The van der Waals surface area contributed by atoms with Crippen LogP contribution in [0.3, 0.4) is 0 Å². The van der Waals surface area contributed by atoms with Crippen LogP contribution in [0, 0.1) is 5.92 Å². The smallest absolute Gasteiger partial charge is 0.227 e. The number of amides is 2. The first-order valence-corrected chi connectivity index (χ1v) is 9.39. The van der Waals surface area contributed by atoms with E-state index in [9.17, 15) is 9.59 Å². The van der Waals surface area contributed by atoms with Crippen molar-refractivity contribution in [1.29, 1.82) is 0 Å². The fourth-order valence-corrected chi connectivity index (χ4v) is 3.51. The van der Waals surface area contributed by atoms with Crippen LogP contribution in [0.1, 0.15) is 24.9 Å². The van der Waals surface area contributed by atoms with Crippen molar-refractivity contribution in [3.63, 3.8) is 0 Å². The van der Waals surface area contributed by atoms with E-state index in [0.29, 0.717) is 28.8 Å². The van der Waals surface area contributed by atoms with Gasteiger partial charge in [-0.25, -0.2) is 0 Å². The van der Waals surface area contributed by atoms with Crippen LogP contribution in [-0.4, -0.2) is 32.6 Å². The number of anilines is 1. The van der Waals surface area contributed by atoms with Crippen LogP contribution in [0.2, 0.25) is 5.02 Å². The number of rotatable bonds is 6. The van der Waals surface area contributed by atoms with Crippen LogP contribution in [0.15, 0.2) is 42.5 Å². The normalized spacial score (nSPS) is 17.4. The van der Waals surface area contributed by atoms with Crippen molar-refractivity contribution in [1.82, 2.24) is 5.32 Å². The lowest BCUT2D eigenvalue weighted by atomic mass is 10.1. The minimum atomic E-state index is -0.430. The number of halogens is 1. The molecule has 1 fully saturated rings. The van der Waals surface area contributed by atoms with Crippen molar-refractivity contribution in [2.75, 3.05) is 25.7 Å². The predicted molar refractivity (Wildman–Crippen MR) is 108 cm³/mol. The van der Waals surface area contributed by atoms with Crippen LogP contribution >= 0.6 is 11.6 Å². The zero-order valence-electron chi connectivity index (χ0n) is 16.1. The molecule has 0 bridgehead atoms. The second-order valence-electron chi connectivity index (χ2n) is 6.73. The second-order valence-corrected chi connectivity index (χ2v) is 7.16. The molecule has 2 atom stereocenters. The lowest BCUT2D eigenvalue weighted by Gasteiger charge is -2.21. The van der Waals surface area contributed by atoms with E-state index in [1.54, 1.807) is 36.3 Å². The summed E-state index contributed by atoms with van der Waals surface area (Å²) in [7, 11) is 3.10. The van der Waals surface area contributed by atoms with Gasteiger partial charge in [-0.05, 0) is 36.8 Å². The first kappa shape index (κ1) is 20.0. The van der Waals surface area contributed by atoms with Crippen LogP contribution in [0.4, 0.5) is 5.69 Å². The van der Waals surface area contributed by atoms with Gasteiger partial charge in [-0.1, -0.05) is 23.7 Å². The van der Waals surface area contributed by atoms with Crippen molar-refractivity contribution in [2.24, 2.45) is 5.92 Å². The molecule has 2 unspecified atom stereocenters. The molecule has 1 aliphatic heterocycles. The van der Waals surface area contributed by atoms with Gasteiger partial charge in [0.15, 0.2) is 0 Å². The third-order valence-electron chi connectivity index (χ3n) is 4.88. The highest BCUT2D eigenvalue weighted by Crippen LogP contribution is 2.36. The Kier molecular flexibility index (Phi) is 6.09. The molecule has 1 N–H and O–H groups in total. The first-order chi connectivity index (χ1) is 13.4. The number of nitrogens with one attached hydrogen (secondary N) is 1. The zero-order valence-corrected chi connectivity index (χ0v) is 16.8. The summed E-state index contributed by atoms with van der Waals surface area (Å²) in [5.41, 5.74) is 1.55. The topological polar surface area (TPSA) is 67.9 Å². The molecule has 0 aromatic heterocycles. The number of benzene rings is 2. The van der Waals surface area contributed by atoms with Crippen molar-refractivity contribution < 1.29 is 19.1 Å². The highest BCUT2D eigenvalue weighted by Gasteiger charge is 2.36. The van der Waals surface area contributed by atoms with E-state index < -0.39 is 5.92 Å². The van der Waals surface area contributed by atoms with Gasteiger partial charge in [0, 0.05) is 24.1 Å². The molecule has 1 saturated heterocycles. The molecule has 148 valence electrons. The fraction of sp³-hybridized carbons (Fsp3) is 0.333. The summed E-state index contributed by atoms with van der Waals surface area (Å²) in [5, 5.41) is 3.60. The number of hydrogen-bond donors (Lipinski definition) is 1. The number of methoxy groups -OCH3 is 2. The molecular formula is C21H23ClN2O4. The fourth-order valence-electron chi connectivity index (χ4n) is 3.31. The first-order valence-electron chi connectivity index (χ1n) is 9.01. The average Bonchev–Trinajstić information content (AvgIpc) is 3.09. The van der Waals surface area contributed by atoms with Gasteiger partial charge in [0.05, 0.1) is 31.9 Å². The molecule has 28 heavy (non-hydrogen) atoms. The summed E-state index contributed by atoms with van der Waals surface area (Å²) >= 11 is 6.02. The number of carbonyl (C=O) groups excluding carboxylic acids is 2. The molecule has 6 nitrogen and oxygen atoms in total. The molecular weight excluding hydrogens is 380 g/mol. The maximum atomic E-state index is 12.7. The molecule has 3 rings (SSSR count). The van der Waals surface area contributed by atoms with Gasteiger partial charge in [-0.3, -0.25) is 9.59 Å². The molecule has 2 aromatic carbocycles. The average molecular weight is 403 g/mol. The number of carbonyl (C=O) groups is 2. The predicted octanol–water partition coefficient (Wildman–Crippen LogP) is 3.59. The monoisotopic (exact) mass is 402 g/mol. The van der Waals surface area contributed by atoms with Crippen LogP contribution in [-0.2, 0) is 9.59 Å². The minimum absolute atomic E-state index is 0.112. The standard InChI is InChI=1S/C21H23ClN2O4/c1-13(14-5-4-6-16(22)9-14)23-21(26)15-10-20(25)24(12-15)18-8-7-17(27-2)11-19(18)28-3/h4-9,11,13,15H,10,12H2,1-3H3,(H,23,26). The van der Waals surface area contributed by atoms with Crippen molar-refractivity contribution in [2.45, 2.75) is 19.4 Å². The van der Waals surface area contributed by atoms with E-state index in [2.05, 4.69) is 5.32 Å². The van der Waals surface area contributed by atoms with E-state index in [0.717, 1.165) is 5.56 Å². The van der Waals surface area contributed by atoms with E-state index in [1.165, 1.54) is 7.11 Å². The summed E-state index contributed by atoms with van der Waals surface area (Å²) in [5.74, 6) is 0.466. The Morgan fingerprint density at radius 2 is 2.00 bits per heavy atom. The minimum Gasteiger partial charge on any atom is -0.497 e. The Morgan fingerprint density at radius 1 is 1.21 bits per heavy atom.